The maximum Gasteiger partial charge on any atom is 0.305 e. The number of rotatable bonds is 9. The maximum atomic E-state index is 12.3. The fraction of sp³-hybridized carbons (Fsp3) is 0.444. The molecule has 120 valence electrons. The van der Waals surface area contributed by atoms with Gasteiger partial charge in [-0.3, -0.25) is 9.59 Å². The standard InChI is InChI=1S/C18H25NO3/c1-4-14(15-10-8-7-9-11-15)12-16(20)19-18(5-2,6-3)13-17(21)22/h4,7-11,14H,1,5-6,12-13H2,2-3H3,(H,19,20)(H,21,22). The van der Waals surface area contributed by atoms with Crippen LogP contribution >= 0.6 is 0 Å². The van der Waals surface area contributed by atoms with Crippen molar-refractivity contribution in [3.8, 4) is 0 Å². The lowest BCUT2D eigenvalue weighted by Crippen LogP contribution is -2.49. The number of hydrogen-bond donors (Lipinski definition) is 2. The van der Waals surface area contributed by atoms with Crippen molar-refractivity contribution >= 4 is 11.9 Å². The third-order valence-electron chi connectivity index (χ3n) is 4.17. The van der Waals surface area contributed by atoms with E-state index in [4.69, 9.17) is 5.11 Å². The summed E-state index contributed by atoms with van der Waals surface area (Å²) >= 11 is 0. The average molecular weight is 303 g/mol. The fourth-order valence-corrected chi connectivity index (χ4v) is 2.59. The summed E-state index contributed by atoms with van der Waals surface area (Å²) in [4.78, 5) is 23.4. The topological polar surface area (TPSA) is 66.4 Å². The molecular formula is C18H25NO3. The largest absolute Gasteiger partial charge is 0.481 e. The van der Waals surface area contributed by atoms with E-state index in [-0.39, 0.29) is 24.7 Å². The second-order valence-electron chi connectivity index (χ2n) is 5.56. The third-order valence-corrected chi connectivity index (χ3v) is 4.17. The molecule has 1 rings (SSSR count). The van der Waals surface area contributed by atoms with Gasteiger partial charge in [0.2, 0.25) is 5.91 Å². The fourth-order valence-electron chi connectivity index (χ4n) is 2.59. The first-order chi connectivity index (χ1) is 10.5. The van der Waals surface area contributed by atoms with Crippen LogP contribution in [0.4, 0.5) is 0 Å². The third kappa shape index (κ3) is 5.02. The summed E-state index contributed by atoms with van der Waals surface area (Å²) in [6, 6.07) is 9.70. The zero-order valence-corrected chi connectivity index (χ0v) is 13.3. The van der Waals surface area contributed by atoms with Crippen LogP contribution in [0.1, 0.15) is 51.0 Å². The molecule has 0 aromatic heterocycles. The molecule has 0 bridgehead atoms. The highest BCUT2D eigenvalue weighted by Gasteiger charge is 2.31. The molecule has 22 heavy (non-hydrogen) atoms. The quantitative estimate of drug-likeness (QED) is 0.686. The molecule has 4 nitrogen and oxygen atoms in total. The first-order valence-electron chi connectivity index (χ1n) is 7.66. The number of amides is 1. The van der Waals surface area contributed by atoms with E-state index in [0.717, 1.165) is 5.56 Å². The number of carboxylic acids is 1. The van der Waals surface area contributed by atoms with Gasteiger partial charge in [-0.25, -0.2) is 0 Å². The SMILES string of the molecule is C=CC(CC(=O)NC(CC)(CC)CC(=O)O)c1ccccc1. The Morgan fingerprint density at radius 1 is 1.27 bits per heavy atom. The van der Waals surface area contributed by atoms with Gasteiger partial charge in [-0.1, -0.05) is 50.3 Å². The number of nitrogens with one attached hydrogen (secondary N) is 1. The number of carboxylic acid groups (broad SMARTS) is 1. The summed E-state index contributed by atoms with van der Waals surface area (Å²) in [5, 5.41) is 12.0. The van der Waals surface area contributed by atoms with Crippen LogP contribution in [0.15, 0.2) is 43.0 Å². The van der Waals surface area contributed by atoms with E-state index in [2.05, 4.69) is 11.9 Å². The van der Waals surface area contributed by atoms with E-state index in [1.807, 2.05) is 44.2 Å². The molecule has 1 amide bonds. The highest BCUT2D eigenvalue weighted by Crippen LogP contribution is 2.24. The van der Waals surface area contributed by atoms with Crippen molar-refractivity contribution < 1.29 is 14.7 Å². The van der Waals surface area contributed by atoms with Crippen LogP contribution in [0.2, 0.25) is 0 Å². The predicted molar refractivity (Wildman–Crippen MR) is 87.7 cm³/mol. The van der Waals surface area contributed by atoms with Crippen LogP contribution in [0, 0.1) is 0 Å². The van der Waals surface area contributed by atoms with Crippen molar-refractivity contribution in [1.82, 2.24) is 5.32 Å². The van der Waals surface area contributed by atoms with Gasteiger partial charge in [-0.05, 0) is 18.4 Å². The van der Waals surface area contributed by atoms with Crippen LogP contribution in [0.25, 0.3) is 0 Å². The van der Waals surface area contributed by atoms with E-state index >= 15 is 0 Å². The van der Waals surface area contributed by atoms with Gasteiger partial charge in [0.25, 0.3) is 0 Å². The Kier molecular flexibility index (Phi) is 6.83. The van der Waals surface area contributed by atoms with E-state index < -0.39 is 11.5 Å². The van der Waals surface area contributed by atoms with Gasteiger partial charge in [0.1, 0.15) is 0 Å². The Labute approximate surface area is 132 Å². The van der Waals surface area contributed by atoms with Crippen LogP contribution < -0.4 is 5.32 Å². The Morgan fingerprint density at radius 3 is 2.32 bits per heavy atom. The van der Waals surface area contributed by atoms with E-state index in [9.17, 15) is 9.59 Å². The van der Waals surface area contributed by atoms with Crippen molar-refractivity contribution in [3.63, 3.8) is 0 Å². The number of allylic oxidation sites excluding steroid dienone is 1. The second-order valence-corrected chi connectivity index (χ2v) is 5.56. The summed E-state index contributed by atoms with van der Waals surface area (Å²) in [6.07, 6.45) is 3.15. The molecule has 1 atom stereocenters. The Bertz CT molecular complexity index is 506. The smallest absolute Gasteiger partial charge is 0.305 e. The summed E-state index contributed by atoms with van der Waals surface area (Å²) in [6.45, 7) is 7.60. The van der Waals surface area contributed by atoms with E-state index in [0.29, 0.717) is 12.8 Å². The van der Waals surface area contributed by atoms with Gasteiger partial charge >= 0.3 is 5.97 Å². The van der Waals surface area contributed by atoms with Crippen molar-refractivity contribution in [2.75, 3.05) is 0 Å². The summed E-state index contributed by atoms with van der Waals surface area (Å²) in [5.74, 6) is -1.11. The van der Waals surface area contributed by atoms with Gasteiger partial charge in [0.05, 0.1) is 6.42 Å². The summed E-state index contributed by atoms with van der Waals surface area (Å²) < 4.78 is 0. The number of carbonyl (C=O) groups is 2. The molecule has 0 aliphatic heterocycles. The van der Waals surface area contributed by atoms with Crippen LogP contribution in [0.3, 0.4) is 0 Å². The van der Waals surface area contributed by atoms with E-state index in [1.165, 1.54) is 0 Å². The molecule has 0 spiro atoms. The molecule has 0 aliphatic rings. The highest BCUT2D eigenvalue weighted by molar-refractivity contribution is 5.79. The van der Waals surface area contributed by atoms with E-state index in [1.54, 1.807) is 6.08 Å². The van der Waals surface area contributed by atoms with Crippen LogP contribution in [-0.2, 0) is 9.59 Å². The normalized spacial score (nSPS) is 12.5. The highest BCUT2D eigenvalue weighted by atomic mass is 16.4. The molecule has 2 N–H and O–H groups in total. The van der Waals surface area contributed by atoms with Gasteiger partial charge < -0.3 is 10.4 Å². The summed E-state index contributed by atoms with van der Waals surface area (Å²) in [7, 11) is 0. The van der Waals surface area contributed by atoms with Crippen molar-refractivity contribution in [3.05, 3.63) is 48.6 Å². The number of hydrogen-bond acceptors (Lipinski definition) is 2. The lowest BCUT2D eigenvalue weighted by atomic mass is 9.88. The molecule has 1 unspecified atom stereocenters. The number of carbonyl (C=O) groups excluding carboxylic acids is 1. The minimum Gasteiger partial charge on any atom is -0.481 e. The number of aliphatic carboxylic acids is 1. The van der Waals surface area contributed by atoms with Crippen molar-refractivity contribution in [2.24, 2.45) is 0 Å². The molecule has 0 radical (unpaired) electrons. The zero-order chi connectivity index (χ0) is 16.6. The molecular weight excluding hydrogens is 278 g/mol. The first-order valence-corrected chi connectivity index (χ1v) is 7.66. The minimum atomic E-state index is -0.896. The maximum absolute atomic E-state index is 12.3. The molecule has 4 heteroatoms. The van der Waals surface area contributed by atoms with Gasteiger partial charge in [-0.2, -0.15) is 0 Å². The van der Waals surface area contributed by atoms with Gasteiger partial charge in [-0.15, -0.1) is 6.58 Å². The minimum absolute atomic E-state index is 0.0597. The molecule has 1 aromatic rings. The molecule has 0 fully saturated rings. The molecule has 0 saturated carbocycles. The molecule has 0 saturated heterocycles. The number of benzene rings is 1. The molecule has 0 aliphatic carbocycles. The second kappa shape index (κ2) is 8.37. The van der Waals surface area contributed by atoms with Gasteiger partial charge in [0.15, 0.2) is 0 Å². The lowest BCUT2D eigenvalue weighted by molar-refractivity contribution is -0.139. The van der Waals surface area contributed by atoms with Crippen LogP contribution in [-0.4, -0.2) is 22.5 Å². The monoisotopic (exact) mass is 303 g/mol. The van der Waals surface area contributed by atoms with Gasteiger partial charge in [0, 0.05) is 17.9 Å². The molecule has 0 heterocycles. The Balaban J connectivity index is 2.78. The Hall–Kier alpha value is -2.10. The van der Waals surface area contributed by atoms with Crippen molar-refractivity contribution in [2.45, 2.75) is 51.0 Å². The predicted octanol–water partition coefficient (Wildman–Crippen LogP) is 3.50. The average Bonchev–Trinajstić information content (AvgIpc) is 2.52. The van der Waals surface area contributed by atoms with Crippen LogP contribution in [0.5, 0.6) is 0 Å². The zero-order valence-electron chi connectivity index (χ0n) is 13.3. The molecule has 1 aromatic carbocycles. The first kappa shape index (κ1) is 18.0. The lowest BCUT2D eigenvalue weighted by Gasteiger charge is -2.32. The Morgan fingerprint density at radius 2 is 1.86 bits per heavy atom. The summed E-state index contributed by atoms with van der Waals surface area (Å²) in [5.41, 5.74) is 0.357. The van der Waals surface area contributed by atoms with Crippen molar-refractivity contribution in [1.29, 1.82) is 0 Å².